The molecule has 0 aliphatic carbocycles. The van der Waals surface area contributed by atoms with Gasteiger partial charge in [-0.25, -0.2) is 0 Å². The topological polar surface area (TPSA) is 39.3 Å². The molecule has 0 unspecified atom stereocenters. The molecule has 1 N–H and O–H groups in total. The van der Waals surface area contributed by atoms with E-state index < -0.39 is 0 Å². The van der Waals surface area contributed by atoms with Gasteiger partial charge in [0.1, 0.15) is 5.69 Å². The van der Waals surface area contributed by atoms with Gasteiger partial charge in [-0.3, -0.25) is 4.79 Å². The van der Waals surface area contributed by atoms with Crippen LogP contribution in [-0.4, -0.2) is 53.9 Å². The molecule has 2 aromatic rings. The summed E-state index contributed by atoms with van der Waals surface area (Å²) in [6, 6.07) is 1.92. The molecule has 102 valence electrons. The summed E-state index contributed by atoms with van der Waals surface area (Å²) in [5.41, 5.74) is 2.69. The van der Waals surface area contributed by atoms with Crippen LogP contribution in [-0.2, 0) is 0 Å². The van der Waals surface area contributed by atoms with Crippen LogP contribution in [0.25, 0.3) is 10.2 Å². The standard InChI is InChI=1S/C13H16ClN3OS/c1-8-11-10(19-12(8)14)7-9(15-11)13(18)17-5-3-16(2)4-6-17/h7,15H,3-6H2,1-2H3. The number of carbonyl (C=O) groups is 1. The summed E-state index contributed by atoms with van der Waals surface area (Å²) in [5.74, 6) is 0.0898. The number of likely N-dealkylation sites (N-methyl/N-ethyl adjacent to an activating group) is 1. The van der Waals surface area contributed by atoms with Gasteiger partial charge in [0.2, 0.25) is 0 Å². The molecular weight excluding hydrogens is 282 g/mol. The molecule has 6 heteroatoms. The molecule has 4 nitrogen and oxygen atoms in total. The van der Waals surface area contributed by atoms with E-state index in [1.807, 2.05) is 17.9 Å². The number of fused-ring (bicyclic) bond motifs is 1. The molecule has 1 saturated heterocycles. The van der Waals surface area contributed by atoms with Crippen LogP contribution in [0.15, 0.2) is 6.07 Å². The Morgan fingerprint density at radius 2 is 2.05 bits per heavy atom. The minimum Gasteiger partial charge on any atom is -0.350 e. The lowest BCUT2D eigenvalue weighted by molar-refractivity contribution is 0.0659. The first-order chi connectivity index (χ1) is 9.06. The zero-order valence-corrected chi connectivity index (χ0v) is 12.6. The van der Waals surface area contributed by atoms with Crippen molar-refractivity contribution in [2.75, 3.05) is 33.2 Å². The van der Waals surface area contributed by atoms with Crippen molar-refractivity contribution in [2.24, 2.45) is 0 Å². The van der Waals surface area contributed by atoms with E-state index in [2.05, 4.69) is 16.9 Å². The van der Waals surface area contributed by atoms with Gasteiger partial charge >= 0.3 is 0 Å². The first kappa shape index (κ1) is 13.0. The summed E-state index contributed by atoms with van der Waals surface area (Å²) in [6.45, 7) is 5.43. The predicted octanol–water partition coefficient (Wildman–Crippen LogP) is 2.58. The number of H-pyrrole nitrogens is 1. The summed E-state index contributed by atoms with van der Waals surface area (Å²) in [4.78, 5) is 19.8. The van der Waals surface area contributed by atoms with Crippen LogP contribution in [0.2, 0.25) is 4.34 Å². The number of hydrogen-bond acceptors (Lipinski definition) is 3. The molecule has 0 bridgehead atoms. The Bertz CT molecular complexity index is 625. The third kappa shape index (κ3) is 2.26. The number of carbonyl (C=O) groups excluding carboxylic acids is 1. The number of amides is 1. The molecule has 1 fully saturated rings. The molecule has 1 aliphatic rings. The van der Waals surface area contributed by atoms with Gasteiger partial charge in [0, 0.05) is 31.7 Å². The highest BCUT2D eigenvalue weighted by Crippen LogP contribution is 2.34. The van der Waals surface area contributed by atoms with Crippen molar-refractivity contribution < 1.29 is 4.79 Å². The van der Waals surface area contributed by atoms with Gasteiger partial charge in [-0.15, -0.1) is 11.3 Å². The summed E-state index contributed by atoms with van der Waals surface area (Å²) >= 11 is 7.61. The fourth-order valence-corrected chi connectivity index (χ4v) is 3.64. The molecule has 0 radical (unpaired) electrons. The Kier molecular flexibility index (Phi) is 3.28. The van der Waals surface area contributed by atoms with Crippen LogP contribution in [0.5, 0.6) is 0 Å². The van der Waals surface area contributed by atoms with Crippen LogP contribution >= 0.6 is 22.9 Å². The Morgan fingerprint density at radius 3 is 2.68 bits per heavy atom. The Balaban J connectivity index is 1.85. The molecule has 0 saturated carbocycles. The third-order valence-electron chi connectivity index (χ3n) is 3.67. The van der Waals surface area contributed by atoms with Crippen molar-refractivity contribution >= 4 is 39.1 Å². The second kappa shape index (κ2) is 4.81. The van der Waals surface area contributed by atoms with Crippen molar-refractivity contribution in [1.29, 1.82) is 0 Å². The van der Waals surface area contributed by atoms with E-state index in [-0.39, 0.29) is 5.91 Å². The summed E-state index contributed by atoms with van der Waals surface area (Å²) < 4.78 is 1.85. The monoisotopic (exact) mass is 297 g/mol. The zero-order chi connectivity index (χ0) is 13.6. The number of thiophene rings is 1. The van der Waals surface area contributed by atoms with Crippen molar-refractivity contribution in [2.45, 2.75) is 6.92 Å². The number of nitrogens with zero attached hydrogens (tertiary/aromatic N) is 2. The molecule has 1 aliphatic heterocycles. The average molecular weight is 298 g/mol. The van der Waals surface area contributed by atoms with E-state index in [4.69, 9.17) is 11.6 Å². The van der Waals surface area contributed by atoms with Crippen LogP contribution in [0.4, 0.5) is 0 Å². The number of piperazine rings is 1. The highest BCUT2D eigenvalue weighted by Gasteiger charge is 2.22. The van der Waals surface area contributed by atoms with Gasteiger partial charge < -0.3 is 14.8 Å². The number of aromatic nitrogens is 1. The van der Waals surface area contributed by atoms with E-state index in [1.165, 1.54) is 11.3 Å². The summed E-state index contributed by atoms with van der Waals surface area (Å²) in [6.07, 6.45) is 0. The number of halogens is 1. The maximum atomic E-state index is 12.4. The van der Waals surface area contributed by atoms with Crippen molar-refractivity contribution in [1.82, 2.24) is 14.8 Å². The summed E-state index contributed by atoms with van der Waals surface area (Å²) in [7, 11) is 2.08. The number of aromatic amines is 1. The molecule has 0 atom stereocenters. The second-order valence-electron chi connectivity index (χ2n) is 5.02. The molecule has 0 spiro atoms. The number of aryl methyl sites for hydroxylation is 1. The minimum atomic E-state index is 0.0898. The fourth-order valence-electron chi connectivity index (χ4n) is 2.36. The Labute approximate surface area is 120 Å². The number of nitrogens with one attached hydrogen (secondary N) is 1. The van der Waals surface area contributed by atoms with Gasteiger partial charge in [0.25, 0.3) is 5.91 Å². The predicted molar refractivity (Wildman–Crippen MR) is 79.3 cm³/mol. The SMILES string of the molecule is Cc1c(Cl)sc2cc(C(=O)N3CCN(C)CC3)[nH]c12. The maximum absolute atomic E-state index is 12.4. The average Bonchev–Trinajstić information content (AvgIpc) is 2.91. The first-order valence-electron chi connectivity index (χ1n) is 6.31. The van der Waals surface area contributed by atoms with E-state index in [0.717, 1.165) is 46.3 Å². The minimum absolute atomic E-state index is 0.0898. The van der Waals surface area contributed by atoms with Gasteiger partial charge in [0.15, 0.2) is 0 Å². The van der Waals surface area contributed by atoms with E-state index in [1.54, 1.807) is 0 Å². The lowest BCUT2D eigenvalue weighted by Crippen LogP contribution is -2.47. The lowest BCUT2D eigenvalue weighted by Gasteiger charge is -2.32. The summed E-state index contributed by atoms with van der Waals surface area (Å²) in [5, 5.41) is 0. The highest BCUT2D eigenvalue weighted by atomic mass is 35.5. The Hall–Kier alpha value is -1.04. The smallest absolute Gasteiger partial charge is 0.270 e. The Morgan fingerprint density at radius 1 is 1.37 bits per heavy atom. The zero-order valence-electron chi connectivity index (χ0n) is 11.0. The highest BCUT2D eigenvalue weighted by molar-refractivity contribution is 7.22. The third-order valence-corrected chi connectivity index (χ3v) is 5.21. The largest absolute Gasteiger partial charge is 0.350 e. The second-order valence-corrected chi connectivity index (χ2v) is 6.67. The van der Waals surface area contributed by atoms with E-state index in [9.17, 15) is 4.79 Å². The van der Waals surface area contributed by atoms with Crippen LogP contribution < -0.4 is 0 Å². The molecule has 3 rings (SSSR count). The molecule has 0 aromatic carbocycles. The van der Waals surface area contributed by atoms with Gasteiger partial charge in [-0.1, -0.05) is 11.6 Å². The van der Waals surface area contributed by atoms with Crippen LogP contribution in [0.3, 0.4) is 0 Å². The number of rotatable bonds is 1. The van der Waals surface area contributed by atoms with Crippen molar-refractivity contribution in [3.05, 3.63) is 21.7 Å². The van der Waals surface area contributed by atoms with Crippen LogP contribution in [0, 0.1) is 6.92 Å². The molecule has 1 amide bonds. The molecular formula is C13H16ClN3OS. The van der Waals surface area contributed by atoms with Crippen molar-refractivity contribution in [3.63, 3.8) is 0 Å². The molecule has 19 heavy (non-hydrogen) atoms. The van der Waals surface area contributed by atoms with E-state index >= 15 is 0 Å². The first-order valence-corrected chi connectivity index (χ1v) is 7.51. The van der Waals surface area contributed by atoms with Crippen LogP contribution in [0.1, 0.15) is 16.1 Å². The van der Waals surface area contributed by atoms with Gasteiger partial charge in [0.05, 0.1) is 14.6 Å². The maximum Gasteiger partial charge on any atom is 0.270 e. The lowest BCUT2D eigenvalue weighted by atomic mass is 10.3. The normalized spacial score (nSPS) is 17.3. The molecule has 2 aromatic heterocycles. The van der Waals surface area contributed by atoms with E-state index in [0.29, 0.717) is 5.69 Å². The fraction of sp³-hybridized carbons (Fsp3) is 0.462. The molecule has 3 heterocycles. The number of hydrogen-bond donors (Lipinski definition) is 1. The van der Waals surface area contributed by atoms with Crippen molar-refractivity contribution in [3.8, 4) is 0 Å². The van der Waals surface area contributed by atoms with Gasteiger partial charge in [-0.2, -0.15) is 0 Å². The quantitative estimate of drug-likeness (QED) is 0.879. The van der Waals surface area contributed by atoms with Gasteiger partial charge in [-0.05, 0) is 20.0 Å².